The van der Waals surface area contributed by atoms with Crippen LogP contribution in [0.2, 0.25) is 0 Å². The highest BCUT2D eigenvalue weighted by atomic mass is 16.7. The van der Waals surface area contributed by atoms with Crippen molar-refractivity contribution in [3.05, 3.63) is 71.9 Å². The third-order valence-corrected chi connectivity index (χ3v) is 4.41. The average molecular weight is 365 g/mol. The van der Waals surface area contributed by atoms with Gasteiger partial charge in [-0.05, 0) is 30.7 Å². The van der Waals surface area contributed by atoms with E-state index >= 15 is 0 Å². The summed E-state index contributed by atoms with van der Waals surface area (Å²) in [5.41, 5.74) is 1.98. The number of hydrogen-bond acceptors (Lipinski definition) is 7. The van der Waals surface area contributed by atoms with Crippen LogP contribution in [-0.4, -0.2) is 23.0 Å². The standard InChI is InChI=1S/C20H19N3O4/c1-20(19-22-21-13-26-19)11-16(23-27-20)15-8-9-17(24-2)18(10-15)25-12-14-6-4-3-5-7-14/h3-10,13H,11-12H2,1-2H3. The molecule has 1 aromatic heterocycles. The van der Waals surface area contributed by atoms with Gasteiger partial charge in [-0.25, -0.2) is 0 Å². The molecule has 0 fully saturated rings. The number of aromatic nitrogens is 2. The molecule has 3 aromatic rings. The maximum Gasteiger partial charge on any atom is 0.262 e. The van der Waals surface area contributed by atoms with Gasteiger partial charge in [0.1, 0.15) is 6.61 Å². The Morgan fingerprint density at radius 3 is 2.70 bits per heavy atom. The molecule has 7 heteroatoms. The first kappa shape index (κ1) is 17.1. The second-order valence-corrected chi connectivity index (χ2v) is 6.42. The quantitative estimate of drug-likeness (QED) is 0.663. The maximum atomic E-state index is 5.98. The van der Waals surface area contributed by atoms with E-state index in [0.29, 0.717) is 30.4 Å². The second kappa shape index (κ2) is 7.11. The number of hydrogen-bond donors (Lipinski definition) is 0. The van der Waals surface area contributed by atoms with Crippen LogP contribution in [-0.2, 0) is 17.0 Å². The van der Waals surface area contributed by atoms with Crippen molar-refractivity contribution in [1.82, 2.24) is 10.2 Å². The van der Waals surface area contributed by atoms with Crippen LogP contribution in [0.25, 0.3) is 0 Å². The molecular formula is C20H19N3O4. The van der Waals surface area contributed by atoms with Crippen molar-refractivity contribution in [2.24, 2.45) is 5.16 Å². The lowest BCUT2D eigenvalue weighted by molar-refractivity contribution is -0.0279. The van der Waals surface area contributed by atoms with Gasteiger partial charge in [0.15, 0.2) is 11.5 Å². The Kier molecular flexibility index (Phi) is 4.50. The fourth-order valence-corrected chi connectivity index (χ4v) is 2.92. The van der Waals surface area contributed by atoms with Crippen LogP contribution in [0.1, 0.15) is 30.4 Å². The van der Waals surface area contributed by atoms with Crippen molar-refractivity contribution in [1.29, 1.82) is 0 Å². The first-order valence-corrected chi connectivity index (χ1v) is 8.55. The highest BCUT2D eigenvalue weighted by Crippen LogP contribution is 2.36. The molecule has 0 spiro atoms. The molecule has 2 heterocycles. The minimum absolute atomic E-state index is 0.398. The van der Waals surface area contributed by atoms with Gasteiger partial charge in [0.05, 0.1) is 12.8 Å². The molecule has 0 saturated carbocycles. The molecule has 1 atom stereocenters. The molecule has 0 radical (unpaired) electrons. The van der Waals surface area contributed by atoms with Crippen molar-refractivity contribution in [2.75, 3.05) is 7.11 Å². The summed E-state index contributed by atoms with van der Waals surface area (Å²) in [7, 11) is 1.62. The van der Waals surface area contributed by atoms with Gasteiger partial charge in [0.25, 0.3) is 5.89 Å². The predicted molar refractivity (Wildman–Crippen MR) is 97.7 cm³/mol. The summed E-state index contributed by atoms with van der Waals surface area (Å²) < 4.78 is 16.7. The number of methoxy groups -OCH3 is 1. The molecule has 0 bridgehead atoms. The summed E-state index contributed by atoms with van der Waals surface area (Å²) >= 11 is 0. The summed E-state index contributed by atoms with van der Waals surface area (Å²) in [6.07, 6.45) is 1.80. The normalized spacial score (nSPS) is 18.7. The van der Waals surface area contributed by atoms with Gasteiger partial charge >= 0.3 is 0 Å². The van der Waals surface area contributed by atoms with E-state index in [0.717, 1.165) is 16.8 Å². The van der Waals surface area contributed by atoms with Crippen LogP contribution in [0.4, 0.5) is 0 Å². The third kappa shape index (κ3) is 3.48. The van der Waals surface area contributed by atoms with Crippen LogP contribution < -0.4 is 9.47 Å². The van der Waals surface area contributed by atoms with Gasteiger partial charge in [0.2, 0.25) is 12.0 Å². The zero-order valence-electron chi connectivity index (χ0n) is 15.1. The Balaban J connectivity index is 1.54. The molecule has 0 N–H and O–H groups in total. The smallest absolute Gasteiger partial charge is 0.262 e. The first-order valence-electron chi connectivity index (χ1n) is 8.55. The van der Waals surface area contributed by atoms with Crippen LogP contribution in [0.15, 0.2) is 64.5 Å². The molecule has 0 aliphatic carbocycles. The van der Waals surface area contributed by atoms with Crippen molar-refractivity contribution >= 4 is 5.71 Å². The number of nitrogens with zero attached hydrogens (tertiary/aromatic N) is 3. The summed E-state index contributed by atoms with van der Waals surface area (Å²) in [5, 5.41) is 11.9. The zero-order valence-corrected chi connectivity index (χ0v) is 15.1. The lowest BCUT2D eigenvalue weighted by atomic mass is 9.95. The van der Waals surface area contributed by atoms with Gasteiger partial charge in [-0.3, -0.25) is 0 Å². The number of ether oxygens (including phenoxy) is 2. The molecule has 2 aromatic carbocycles. The fourth-order valence-electron chi connectivity index (χ4n) is 2.92. The minimum atomic E-state index is -0.767. The monoisotopic (exact) mass is 365 g/mol. The Bertz CT molecular complexity index is 941. The minimum Gasteiger partial charge on any atom is -0.493 e. The third-order valence-electron chi connectivity index (χ3n) is 4.41. The summed E-state index contributed by atoms with van der Waals surface area (Å²) in [6.45, 7) is 2.32. The van der Waals surface area contributed by atoms with Crippen LogP contribution in [0, 0.1) is 0 Å². The van der Waals surface area contributed by atoms with Gasteiger partial charge < -0.3 is 18.7 Å². The van der Waals surface area contributed by atoms with E-state index in [2.05, 4.69) is 15.4 Å². The van der Waals surface area contributed by atoms with Crippen molar-refractivity contribution in [3.63, 3.8) is 0 Å². The topological polar surface area (TPSA) is 79.0 Å². The predicted octanol–water partition coefficient (Wildman–Crippen LogP) is 3.70. The second-order valence-electron chi connectivity index (χ2n) is 6.42. The van der Waals surface area contributed by atoms with Gasteiger partial charge in [-0.1, -0.05) is 35.5 Å². The largest absolute Gasteiger partial charge is 0.493 e. The SMILES string of the molecule is COc1ccc(C2=NOC(C)(c3nnco3)C2)cc1OCc1ccccc1. The van der Waals surface area contributed by atoms with E-state index in [9.17, 15) is 0 Å². The lowest BCUT2D eigenvalue weighted by Gasteiger charge is -2.16. The summed E-state index contributed by atoms with van der Waals surface area (Å²) in [5.74, 6) is 1.71. The van der Waals surface area contributed by atoms with E-state index in [1.54, 1.807) is 7.11 Å². The zero-order chi connectivity index (χ0) is 18.7. The van der Waals surface area contributed by atoms with Crippen LogP contribution in [0.3, 0.4) is 0 Å². The molecular weight excluding hydrogens is 346 g/mol. The number of rotatable bonds is 6. The number of benzene rings is 2. The van der Waals surface area contributed by atoms with E-state index in [1.165, 1.54) is 6.39 Å². The maximum absolute atomic E-state index is 5.98. The van der Waals surface area contributed by atoms with Crippen molar-refractivity contribution in [2.45, 2.75) is 25.6 Å². The Morgan fingerprint density at radius 1 is 1.11 bits per heavy atom. The van der Waals surface area contributed by atoms with E-state index < -0.39 is 5.60 Å². The fraction of sp³-hybridized carbons (Fsp3) is 0.250. The summed E-state index contributed by atoms with van der Waals surface area (Å²) in [4.78, 5) is 5.60. The van der Waals surface area contributed by atoms with E-state index in [-0.39, 0.29) is 0 Å². The average Bonchev–Trinajstić information content (AvgIpc) is 3.38. The molecule has 7 nitrogen and oxygen atoms in total. The van der Waals surface area contributed by atoms with Crippen LogP contribution >= 0.6 is 0 Å². The molecule has 0 saturated heterocycles. The Labute approximate surface area is 156 Å². The Hall–Kier alpha value is -3.35. The van der Waals surface area contributed by atoms with E-state index in [1.807, 2.05) is 55.5 Å². The molecule has 0 amide bonds. The molecule has 1 aliphatic rings. The molecule has 27 heavy (non-hydrogen) atoms. The molecule has 138 valence electrons. The molecule has 1 unspecified atom stereocenters. The van der Waals surface area contributed by atoms with Crippen LogP contribution in [0.5, 0.6) is 11.5 Å². The highest BCUT2D eigenvalue weighted by molar-refractivity contribution is 6.02. The first-order chi connectivity index (χ1) is 13.2. The van der Waals surface area contributed by atoms with E-state index in [4.69, 9.17) is 18.7 Å². The van der Waals surface area contributed by atoms with Crippen molar-refractivity contribution < 1.29 is 18.7 Å². The molecule has 1 aliphatic heterocycles. The Morgan fingerprint density at radius 2 is 1.96 bits per heavy atom. The highest BCUT2D eigenvalue weighted by Gasteiger charge is 2.41. The number of oxime groups is 1. The van der Waals surface area contributed by atoms with Gasteiger partial charge in [-0.2, -0.15) is 0 Å². The summed E-state index contributed by atoms with van der Waals surface area (Å²) in [6, 6.07) is 15.7. The molecule has 4 rings (SSSR count). The lowest BCUT2D eigenvalue weighted by Crippen LogP contribution is -2.22. The van der Waals surface area contributed by atoms with Crippen molar-refractivity contribution in [3.8, 4) is 11.5 Å². The van der Waals surface area contributed by atoms with Gasteiger partial charge in [0, 0.05) is 12.0 Å². The van der Waals surface area contributed by atoms with Gasteiger partial charge in [-0.15, -0.1) is 10.2 Å².